The van der Waals surface area contributed by atoms with Crippen molar-refractivity contribution in [2.75, 3.05) is 4.90 Å². The SMILES string of the molecule is CC(C)(C)c1cc(N2C(C)(C)CCCC2(C)C)cc(C(C)(C)C)c1O. The van der Waals surface area contributed by atoms with Crippen LogP contribution in [0.2, 0.25) is 0 Å². The van der Waals surface area contributed by atoms with E-state index >= 15 is 0 Å². The summed E-state index contributed by atoms with van der Waals surface area (Å²) in [5.41, 5.74) is 3.39. The number of benzene rings is 1. The van der Waals surface area contributed by atoms with Crippen LogP contribution in [0.3, 0.4) is 0 Å². The standard InChI is InChI=1S/C23H39NO/c1-20(2,3)17-14-16(15-18(19(17)25)21(4,5)6)24-22(7,8)12-11-13-23(24,9)10/h14-15,25H,11-13H2,1-10H3. The molecule has 1 aromatic carbocycles. The molecule has 1 aliphatic rings. The molecule has 1 aliphatic heterocycles. The first kappa shape index (κ1) is 20.1. The lowest BCUT2D eigenvalue weighted by atomic mass is 9.76. The normalized spacial score (nSPS) is 20.6. The molecule has 0 bridgehead atoms. The summed E-state index contributed by atoms with van der Waals surface area (Å²) in [7, 11) is 0. The third kappa shape index (κ3) is 3.83. The van der Waals surface area contributed by atoms with E-state index in [0.717, 1.165) is 11.1 Å². The van der Waals surface area contributed by atoms with Crippen molar-refractivity contribution in [1.82, 2.24) is 0 Å². The van der Waals surface area contributed by atoms with Gasteiger partial charge in [-0.25, -0.2) is 0 Å². The van der Waals surface area contributed by atoms with Gasteiger partial charge in [-0.05, 0) is 69.9 Å². The molecule has 25 heavy (non-hydrogen) atoms. The minimum absolute atomic E-state index is 0.0931. The van der Waals surface area contributed by atoms with Gasteiger partial charge in [-0.2, -0.15) is 0 Å². The van der Waals surface area contributed by atoms with Crippen LogP contribution in [0.5, 0.6) is 5.75 Å². The van der Waals surface area contributed by atoms with Crippen LogP contribution >= 0.6 is 0 Å². The summed E-state index contributed by atoms with van der Waals surface area (Å²) >= 11 is 0. The third-order valence-corrected chi connectivity index (χ3v) is 5.76. The Morgan fingerprint density at radius 3 is 1.48 bits per heavy atom. The maximum Gasteiger partial charge on any atom is 0.123 e. The molecule has 1 fully saturated rings. The number of phenols is 1. The first-order chi connectivity index (χ1) is 11.1. The molecule has 0 atom stereocenters. The van der Waals surface area contributed by atoms with Gasteiger partial charge in [-0.3, -0.25) is 0 Å². The van der Waals surface area contributed by atoms with Crippen molar-refractivity contribution in [3.8, 4) is 5.75 Å². The second kappa shape index (κ2) is 5.93. The van der Waals surface area contributed by atoms with E-state index < -0.39 is 0 Å². The molecule has 1 saturated heterocycles. The lowest BCUT2D eigenvalue weighted by Gasteiger charge is -2.55. The van der Waals surface area contributed by atoms with Crippen LogP contribution in [0.4, 0.5) is 5.69 Å². The molecular formula is C23H39NO. The summed E-state index contributed by atoms with van der Waals surface area (Å²) in [5.74, 6) is 0.469. The Balaban J connectivity index is 2.77. The predicted octanol–water partition coefficient (Wildman–Crippen LogP) is 6.53. The van der Waals surface area contributed by atoms with Crippen molar-refractivity contribution < 1.29 is 5.11 Å². The van der Waals surface area contributed by atoms with Gasteiger partial charge < -0.3 is 10.0 Å². The van der Waals surface area contributed by atoms with Gasteiger partial charge >= 0.3 is 0 Å². The lowest BCUT2D eigenvalue weighted by Crippen LogP contribution is -2.59. The van der Waals surface area contributed by atoms with Gasteiger partial charge in [0.05, 0.1) is 0 Å². The van der Waals surface area contributed by atoms with Crippen LogP contribution < -0.4 is 4.90 Å². The summed E-state index contributed by atoms with van der Waals surface area (Å²) in [6.07, 6.45) is 3.67. The van der Waals surface area contributed by atoms with Gasteiger partial charge in [0.2, 0.25) is 0 Å². The Morgan fingerprint density at radius 2 is 1.16 bits per heavy atom. The molecule has 142 valence electrons. The van der Waals surface area contributed by atoms with Crippen LogP contribution in [0.15, 0.2) is 12.1 Å². The average Bonchev–Trinajstić information content (AvgIpc) is 2.35. The van der Waals surface area contributed by atoms with Crippen molar-refractivity contribution >= 4 is 5.69 Å². The zero-order chi connectivity index (χ0) is 19.4. The molecule has 1 aromatic rings. The second-order valence-corrected chi connectivity index (χ2v) is 11.2. The van der Waals surface area contributed by atoms with Gasteiger partial charge in [0.1, 0.15) is 5.75 Å². The molecule has 2 rings (SSSR count). The molecule has 0 aliphatic carbocycles. The molecule has 1 N–H and O–H groups in total. The smallest absolute Gasteiger partial charge is 0.123 e. The fourth-order valence-electron chi connectivity index (χ4n) is 4.59. The summed E-state index contributed by atoms with van der Waals surface area (Å²) < 4.78 is 0. The summed E-state index contributed by atoms with van der Waals surface area (Å²) in [4.78, 5) is 2.60. The predicted molar refractivity (Wildman–Crippen MR) is 110 cm³/mol. The maximum absolute atomic E-state index is 11.0. The molecule has 0 aromatic heterocycles. The molecular weight excluding hydrogens is 306 g/mol. The number of piperidine rings is 1. The minimum atomic E-state index is -0.0931. The Hall–Kier alpha value is -1.18. The first-order valence-electron chi connectivity index (χ1n) is 9.76. The molecule has 2 heteroatoms. The highest BCUT2D eigenvalue weighted by Crippen LogP contribution is 2.47. The summed E-state index contributed by atoms with van der Waals surface area (Å²) in [6.45, 7) is 22.5. The zero-order valence-electron chi connectivity index (χ0n) is 18.2. The number of anilines is 1. The average molecular weight is 346 g/mol. The number of aromatic hydroxyl groups is 1. The highest BCUT2D eigenvalue weighted by Gasteiger charge is 2.42. The molecule has 0 amide bonds. The van der Waals surface area contributed by atoms with Crippen molar-refractivity contribution in [3.63, 3.8) is 0 Å². The fourth-order valence-corrected chi connectivity index (χ4v) is 4.59. The minimum Gasteiger partial charge on any atom is -0.507 e. The molecule has 2 nitrogen and oxygen atoms in total. The van der Waals surface area contributed by atoms with Crippen LogP contribution in [0, 0.1) is 0 Å². The number of hydrogen-bond acceptors (Lipinski definition) is 2. The van der Waals surface area contributed by atoms with Crippen LogP contribution in [-0.4, -0.2) is 16.2 Å². The monoisotopic (exact) mass is 345 g/mol. The molecule has 0 radical (unpaired) electrons. The van der Waals surface area contributed by atoms with Gasteiger partial charge in [0, 0.05) is 27.9 Å². The van der Waals surface area contributed by atoms with Crippen LogP contribution in [0.1, 0.15) is 99.6 Å². The van der Waals surface area contributed by atoms with Crippen molar-refractivity contribution in [3.05, 3.63) is 23.3 Å². The van der Waals surface area contributed by atoms with E-state index in [9.17, 15) is 5.11 Å². The highest BCUT2D eigenvalue weighted by molar-refractivity contribution is 5.62. The fraction of sp³-hybridized carbons (Fsp3) is 0.739. The van der Waals surface area contributed by atoms with E-state index in [1.807, 2.05) is 0 Å². The Labute approximate surface area is 155 Å². The van der Waals surface area contributed by atoms with E-state index in [-0.39, 0.29) is 21.9 Å². The zero-order valence-corrected chi connectivity index (χ0v) is 18.2. The number of phenolic OH excluding ortho intramolecular Hbond substituents is 1. The summed E-state index contributed by atoms with van der Waals surface area (Å²) in [6, 6.07) is 4.47. The van der Waals surface area contributed by atoms with Crippen LogP contribution in [-0.2, 0) is 10.8 Å². The topological polar surface area (TPSA) is 23.5 Å². The van der Waals surface area contributed by atoms with E-state index in [1.165, 1.54) is 24.9 Å². The Kier molecular flexibility index (Phi) is 4.77. The molecule has 0 unspecified atom stereocenters. The van der Waals surface area contributed by atoms with Crippen molar-refractivity contribution in [2.45, 2.75) is 110 Å². The van der Waals surface area contributed by atoms with E-state index in [0.29, 0.717) is 5.75 Å². The van der Waals surface area contributed by atoms with Crippen LogP contribution in [0.25, 0.3) is 0 Å². The Morgan fingerprint density at radius 1 is 0.800 bits per heavy atom. The molecule has 0 saturated carbocycles. The van der Waals surface area contributed by atoms with Crippen molar-refractivity contribution in [1.29, 1.82) is 0 Å². The second-order valence-electron chi connectivity index (χ2n) is 11.2. The van der Waals surface area contributed by atoms with E-state index in [4.69, 9.17) is 0 Å². The Bertz CT molecular complexity index is 590. The first-order valence-corrected chi connectivity index (χ1v) is 9.76. The van der Waals surface area contributed by atoms with Gasteiger partial charge in [-0.1, -0.05) is 41.5 Å². The maximum atomic E-state index is 11.0. The number of hydrogen-bond donors (Lipinski definition) is 1. The molecule has 0 spiro atoms. The third-order valence-electron chi connectivity index (χ3n) is 5.76. The lowest BCUT2D eigenvalue weighted by molar-refractivity contribution is 0.243. The quantitative estimate of drug-likeness (QED) is 0.625. The summed E-state index contributed by atoms with van der Waals surface area (Å²) in [5, 5.41) is 11.0. The van der Waals surface area contributed by atoms with Gasteiger partial charge in [0.15, 0.2) is 0 Å². The van der Waals surface area contributed by atoms with E-state index in [2.05, 4.69) is 86.3 Å². The number of nitrogens with zero attached hydrogens (tertiary/aromatic N) is 1. The molecule has 1 heterocycles. The number of rotatable bonds is 1. The highest BCUT2D eigenvalue weighted by atomic mass is 16.3. The largest absolute Gasteiger partial charge is 0.507 e. The van der Waals surface area contributed by atoms with Gasteiger partial charge in [0.25, 0.3) is 0 Å². The van der Waals surface area contributed by atoms with E-state index in [1.54, 1.807) is 0 Å². The van der Waals surface area contributed by atoms with Gasteiger partial charge in [-0.15, -0.1) is 0 Å². The van der Waals surface area contributed by atoms with Crippen molar-refractivity contribution in [2.24, 2.45) is 0 Å².